The molecule has 0 spiro atoms. The Labute approximate surface area is 113 Å². The van der Waals surface area contributed by atoms with Crippen molar-refractivity contribution in [3.63, 3.8) is 0 Å². The van der Waals surface area contributed by atoms with Crippen molar-refractivity contribution in [1.29, 1.82) is 0 Å². The highest BCUT2D eigenvalue weighted by atomic mass is 16.6. The molecule has 2 rings (SSSR count). The van der Waals surface area contributed by atoms with Crippen LogP contribution >= 0.6 is 0 Å². The maximum absolute atomic E-state index is 11.4. The monoisotopic (exact) mass is 258 g/mol. The van der Waals surface area contributed by atoms with Crippen molar-refractivity contribution in [2.24, 2.45) is 0 Å². The largest absolute Gasteiger partial charge is 0.448 e. The molecule has 4 nitrogen and oxygen atoms in total. The first-order chi connectivity index (χ1) is 9.36. The molecule has 0 saturated carbocycles. The molecule has 1 heterocycles. The minimum absolute atomic E-state index is 0.409. The predicted molar refractivity (Wildman–Crippen MR) is 73.0 cm³/mol. The molecule has 0 fully saturated rings. The van der Waals surface area contributed by atoms with E-state index in [2.05, 4.69) is 29.4 Å². The molecule has 0 aliphatic rings. The zero-order valence-electron chi connectivity index (χ0n) is 10.9. The Hall–Kier alpha value is -2.10. The Kier molecular flexibility index (Phi) is 5.17. The summed E-state index contributed by atoms with van der Waals surface area (Å²) in [6.45, 7) is 0.452. The minimum Gasteiger partial charge on any atom is -0.448 e. The fourth-order valence-electron chi connectivity index (χ4n) is 1.86. The number of ether oxygens (including phenoxy) is 1. The summed E-state index contributed by atoms with van der Waals surface area (Å²) in [5.74, 6) is 0. The zero-order valence-corrected chi connectivity index (χ0v) is 10.9. The van der Waals surface area contributed by atoms with E-state index in [-0.39, 0.29) is 0 Å². The average molecular weight is 258 g/mol. The first-order valence-corrected chi connectivity index (χ1v) is 6.57. The van der Waals surface area contributed by atoms with E-state index in [1.165, 1.54) is 10.2 Å². The molecule has 0 unspecified atom stereocenters. The lowest BCUT2D eigenvalue weighted by molar-refractivity contribution is 0.142. The summed E-state index contributed by atoms with van der Waals surface area (Å²) >= 11 is 0. The minimum atomic E-state index is -0.409. The molecule has 0 N–H and O–H groups in total. The third-order valence-electron chi connectivity index (χ3n) is 2.87. The molecule has 0 aliphatic heterocycles. The van der Waals surface area contributed by atoms with Crippen LogP contribution in [0.5, 0.6) is 0 Å². The number of carbonyl (C=O) groups excluding carboxylic acids is 1. The molecule has 4 heteroatoms. The van der Waals surface area contributed by atoms with Crippen LogP contribution in [0.25, 0.3) is 0 Å². The van der Waals surface area contributed by atoms with Gasteiger partial charge in [0.2, 0.25) is 0 Å². The summed E-state index contributed by atoms with van der Waals surface area (Å²) in [6.07, 6.45) is 6.87. The second-order valence-electron chi connectivity index (χ2n) is 4.36. The van der Waals surface area contributed by atoms with Crippen LogP contribution in [0.1, 0.15) is 24.8 Å². The summed E-state index contributed by atoms with van der Waals surface area (Å²) in [5.41, 5.74) is 1.36. The average Bonchev–Trinajstić information content (AvgIpc) is 2.98. The lowest BCUT2D eigenvalue weighted by Gasteiger charge is -2.04. The van der Waals surface area contributed by atoms with E-state index < -0.39 is 6.09 Å². The standard InChI is InChI=1S/C15H18N2O2/c18-15(17-12-7-11-16-17)19-13-6-2-5-10-14-8-3-1-4-9-14/h1,3-4,7-9,11-12H,2,5-6,10,13H2. The van der Waals surface area contributed by atoms with E-state index in [0.717, 1.165) is 25.7 Å². The summed E-state index contributed by atoms with van der Waals surface area (Å²) < 4.78 is 6.30. The molecule has 0 aliphatic carbocycles. The molecule has 0 amide bonds. The molecule has 0 atom stereocenters. The van der Waals surface area contributed by atoms with E-state index in [9.17, 15) is 4.79 Å². The first kappa shape index (κ1) is 13.3. The predicted octanol–water partition coefficient (Wildman–Crippen LogP) is 3.28. The SMILES string of the molecule is O=C(OCCCCCc1ccccc1)n1cccn1. The van der Waals surface area contributed by atoms with Gasteiger partial charge < -0.3 is 4.74 Å². The van der Waals surface area contributed by atoms with Gasteiger partial charge in [0.1, 0.15) is 0 Å². The Morgan fingerprint density at radius 2 is 1.95 bits per heavy atom. The number of hydrogen-bond acceptors (Lipinski definition) is 3. The van der Waals surface area contributed by atoms with Crippen LogP contribution in [-0.2, 0) is 11.2 Å². The molecule has 100 valence electrons. The van der Waals surface area contributed by atoms with Crippen LogP contribution < -0.4 is 0 Å². The van der Waals surface area contributed by atoms with Gasteiger partial charge in [-0.15, -0.1) is 0 Å². The number of hydrogen-bond donors (Lipinski definition) is 0. The molecule has 1 aromatic carbocycles. The number of unbranched alkanes of at least 4 members (excludes halogenated alkanes) is 2. The highest BCUT2D eigenvalue weighted by molar-refractivity contribution is 5.68. The van der Waals surface area contributed by atoms with Crippen LogP contribution in [0.2, 0.25) is 0 Å². The number of rotatable bonds is 6. The van der Waals surface area contributed by atoms with Crippen molar-refractivity contribution < 1.29 is 9.53 Å². The van der Waals surface area contributed by atoms with Crippen molar-refractivity contribution in [2.75, 3.05) is 6.61 Å². The smallest absolute Gasteiger partial charge is 0.434 e. The van der Waals surface area contributed by atoms with Gasteiger partial charge in [-0.2, -0.15) is 9.78 Å². The Balaban J connectivity index is 1.54. The lowest BCUT2D eigenvalue weighted by Crippen LogP contribution is -2.14. The molecule has 2 aromatic rings. The van der Waals surface area contributed by atoms with Crippen LogP contribution in [-0.4, -0.2) is 22.5 Å². The van der Waals surface area contributed by atoms with Gasteiger partial charge in [0, 0.05) is 12.4 Å². The van der Waals surface area contributed by atoms with Crippen LogP contribution in [0.4, 0.5) is 4.79 Å². The highest BCUT2D eigenvalue weighted by Gasteiger charge is 2.04. The van der Waals surface area contributed by atoms with Gasteiger partial charge >= 0.3 is 6.09 Å². The van der Waals surface area contributed by atoms with Gasteiger partial charge in [0.25, 0.3) is 0 Å². The molecule has 0 saturated heterocycles. The normalized spacial score (nSPS) is 10.3. The quantitative estimate of drug-likeness (QED) is 0.747. The fraction of sp³-hybridized carbons (Fsp3) is 0.333. The van der Waals surface area contributed by atoms with E-state index in [1.807, 2.05) is 6.07 Å². The van der Waals surface area contributed by atoms with Crippen LogP contribution in [0.3, 0.4) is 0 Å². The van der Waals surface area contributed by atoms with Crippen molar-refractivity contribution in [3.8, 4) is 0 Å². The third-order valence-corrected chi connectivity index (χ3v) is 2.87. The van der Waals surface area contributed by atoms with Gasteiger partial charge in [-0.05, 0) is 37.3 Å². The number of aromatic nitrogens is 2. The Morgan fingerprint density at radius 3 is 2.68 bits per heavy atom. The van der Waals surface area contributed by atoms with Gasteiger partial charge in [-0.25, -0.2) is 4.79 Å². The van der Waals surface area contributed by atoms with E-state index in [0.29, 0.717) is 6.61 Å². The maximum atomic E-state index is 11.4. The Bertz CT molecular complexity index is 480. The van der Waals surface area contributed by atoms with E-state index in [1.54, 1.807) is 18.5 Å². The third kappa shape index (κ3) is 4.58. The number of aryl methyl sites for hydroxylation is 1. The van der Waals surface area contributed by atoms with Crippen molar-refractivity contribution in [3.05, 3.63) is 54.4 Å². The molecular formula is C15H18N2O2. The molecule has 0 bridgehead atoms. The number of benzene rings is 1. The highest BCUT2D eigenvalue weighted by Crippen LogP contribution is 2.06. The van der Waals surface area contributed by atoms with Crippen molar-refractivity contribution in [2.45, 2.75) is 25.7 Å². The summed E-state index contributed by atoms with van der Waals surface area (Å²) in [4.78, 5) is 11.4. The van der Waals surface area contributed by atoms with Gasteiger partial charge in [-0.1, -0.05) is 30.3 Å². The van der Waals surface area contributed by atoms with Crippen molar-refractivity contribution >= 4 is 6.09 Å². The molecular weight excluding hydrogens is 240 g/mol. The fourth-order valence-corrected chi connectivity index (χ4v) is 1.86. The van der Waals surface area contributed by atoms with E-state index >= 15 is 0 Å². The van der Waals surface area contributed by atoms with Crippen molar-refractivity contribution in [1.82, 2.24) is 9.78 Å². The zero-order chi connectivity index (χ0) is 13.3. The Morgan fingerprint density at radius 1 is 1.11 bits per heavy atom. The van der Waals surface area contributed by atoms with Crippen LogP contribution in [0, 0.1) is 0 Å². The number of carbonyl (C=O) groups is 1. The molecule has 0 radical (unpaired) electrons. The number of nitrogens with zero attached hydrogens (tertiary/aromatic N) is 2. The van der Waals surface area contributed by atoms with Gasteiger partial charge in [-0.3, -0.25) is 0 Å². The summed E-state index contributed by atoms with van der Waals surface area (Å²) in [5, 5.41) is 3.81. The molecule has 1 aromatic heterocycles. The van der Waals surface area contributed by atoms with Gasteiger partial charge in [0.15, 0.2) is 0 Å². The van der Waals surface area contributed by atoms with E-state index in [4.69, 9.17) is 4.74 Å². The van der Waals surface area contributed by atoms with Gasteiger partial charge in [0.05, 0.1) is 6.61 Å². The second kappa shape index (κ2) is 7.36. The second-order valence-corrected chi connectivity index (χ2v) is 4.36. The molecule has 19 heavy (non-hydrogen) atoms. The summed E-state index contributed by atoms with van der Waals surface area (Å²) in [6, 6.07) is 12.1. The summed E-state index contributed by atoms with van der Waals surface area (Å²) in [7, 11) is 0. The first-order valence-electron chi connectivity index (χ1n) is 6.57. The lowest BCUT2D eigenvalue weighted by atomic mass is 10.1. The van der Waals surface area contributed by atoms with Crippen LogP contribution in [0.15, 0.2) is 48.8 Å². The maximum Gasteiger partial charge on any atom is 0.434 e. The topological polar surface area (TPSA) is 44.1 Å².